The molecule has 1 heterocycles. The number of anilines is 1. The van der Waals surface area contributed by atoms with Crippen LogP contribution >= 0.6 is 11.8 Å². The maximum Gasteiger partial charge on any atom is 0.124 e. The molecule has 0 radical (unpaired) electrons. The molecule has 3 nitrogen and oxygen atoms in total. The van der Waals surface area contributed by atoms with Gasteiger partial charge in [0.05, 0.1) is 20.3 Å². The Morgan fingerprint density at radius 1 is 1.05 bits per heavy atom. The maximum atomic E-state index is 5.33. The van der Waals surface area contributed by atoms with Gasteiger partial charge in [-0.05, 0) is 18.1 Å². The fourth-order valence-corrected chi connectivity index (χ4v) is 3.71. The molecule has 0 fully saturated rings. The molecular weight excluding hydrogens is 282 g/mol. The van der Waals surface area contributed by atoms with Gasteiger partial charge in [0.15, 0.2) is 0 Å². The van der Waals surface area contributed by atoms with Gasteiger partial charge < -0.3 is 14.8 Å². The Hall–Kier alpha value is -1.81. The van der Waals surface area contributed by atoms with Crippen LogP contribution in [0.3, 0.4) is 0 Å². The molecule has 21 heavy (non-hydrogen) atoms. The molecule has 1 aliphatic rings. The average molecular weight is 301 g/mol. The van der Waals surface area contributed by atoms with Crippen LogP contribution in [0.15, 0.2) is 47.4 Å². The second kappa shape index (κ2) is 6.31. The summed E-state index contributed by atoms with van der Waals surface area (Å²) in [5, 5.41) is 3.61. The minimum atomic E-state index is 0.333. The number of methoxy groups -OCH3 is 2. The van der Waals surface area contributed by atoms with Crippen molar-refractivity contribution < 1.29 is 9.47 Å². The lowest BCUT2D eigenvalue weighted by Gasteiger charge is -2.27. The second-order valence-electron chi connectivity index (χ2n) is 4.97. The van der Waals surface area contributed by atoms with Crippen molar-refractivity contribution in [2.24, 2.45) is 0 Å². The molecule has 1 unspecified atom stereocenters. The first kappa shape index (κ1) is 14.1. The minimum Gasteiger partial charge on any atom is -0.497 e. The van der Waals surface area contributed by atoms with Crippen LogP contribution in [0.25, 0.3) is 0 Å². The van der Waals surface area contributed by atoms with Gasteiger partial charge in [-0.1, -0.05) is 18.2 Å². The van der Waals surface area contributed by atoms with Crippen LogP contribution in [-0.2, 0) is 0 Å². The van der Waals surface area contributed by atoms with Crippen molar-refractivity contribution >= 4 is 17.4 Å². The molecule has 110 valence electrons. The van der Waals surface area contributed by atoms with Crippen molar-refractivity contribution in [2.75, 3.05) is 25.3 Å². The molecule has 1 atom stereocenters. The molecule has 0 aliphatic carbocycles. The first-order valence-corrected chi connectivity index (χ1v) is 8.00. The van der Waals surface area contributed by atoms with E-state index in [1.165, 1.54) is 10.5 Å². The highest BCUT2D eigenvalue weighted by molar-refractivity contribution is 7.99. The summed E-state index contributed by atoms with van der Waals surface area (Å²) in [7, 11) is 3.34. The third-order valence-electron chi connectivity index (χ3n) is 3.65. The molecule has 1 aliphatic heterocycles. The molecule has 0 saturated heterocycles. The third kappa shape index (κ3) is 3.10. The molecule has 0 bridgehead atoms. The predicted molar refractivity (Wildman–Crippen MR) is 87.7 cm³/mol. The third-order valence-corrected chi connectivity index (χ3v) is 4.77. The molecular formula is C17H19NO2S. The Labute approximate surface area is 129 Å². The molecule has 0 aromatic heterocycles. The van der Waals surface area contributed by atoms with Crippen LogP contribution in [0, 0.1) is 0 Å². The summed E-state index contributed by atoms with van der Waals surface area (Å²) in [5.74, 6) is 2.74. The predicted octanol–water partition coefficient (Wildman–Crippen LogP) is 4.35. The molecule has 2 aromatic carbocycles. The number of ether oxygens (including phenoxy) is 2. The van der Waals surface area contributed by atoms with Gasteiger partial charge in [0.2, 0.25) is 0 Å². The highest BCUT2D eigenvalue weighted by Gasteiger charge is 2.20. The van der Waals surface area contributed by atoms with Crippen molar-refractivity contribution in [2.45, 2.75) is 17.4 Å². The van der Waals surface area contributed by atoms with Crippen LogP contribution in [-0.4, -0.2) is 20.0 Å². The fraction of sp³-hybridized carbons (Fsp3) is 0.294. The van der Waals surface area contributed by atoms with Gasteiger partial charge in [0.25, 0.3) is 0 Å². The summed E-state index contributed by atoms with van der Waals surface area (Å²) in [5.41, 5.74) is 2.40. The van der Waals surface area contributed by atoms with Crippen molar-refractivity contribution in [1.29, 1.82) is 0 Å². The first-order chi connectivity index (χ1) is 10.3. The lowest BCUT2D eigenvalue weighted by atomic mass is 10.0. The number of hydrogen-bond acceptors (Lipinski definition) is 4. The number of nitrogens with one attached hydrogen (secondary N) is 1. The van der Waals surface area contributed by atoms with Crippen molar-refractivity contribution in [1.82, 2.24) is 0 Å². The lowest BCUT2D eigenvalue weighted by molar-refractivity contribution is 0.394. The van der Waals surface area contributed by atoms with Gasteiger partial charge in [-0.2, -0.15) is 0 Å². The van der Waals surface area contributed by atoms with Crippen molar-refractivity contribution in [3.8, 4) is 11.5 Å². The molecule has 4 heteroatoms. The Kier molecular flexibility index (Phi) is 4.25. The van der Waals surface area contributed by atoms with E-state index < -0.39 is 0 Å². The monoisotopic (exact) mass is 301 g/mol. The van der Waals surface area contributed by atoms with Gasteiger partial charge in [-0.15, -0.1) is 11.8 Å². The van der Waals surface area contributed by atoms with E-state index in [9.17, 15) is 0 Å². The van der Waals surface area contributed by atoms with Gasteiger partial charge in [0.1, 0.15) is 11.5 Å². The zero-order valence-corrected chi connectivity index (χ0v) is 13.1. The van der Waals surface area contributed by atoms with E-state index in [1.54, 1.807) is 14.2 Å². The highest BCUT2D eigenvalue weighted by Crippen LogP contribution is 2.38. The van der Waals surface area contributed by atoms with Gasteiger partial charge >= 0.3 is 0 Å². The number of hydrogen-bond donors (Lipinski definition) is 1. The second-order valence-corrected chi connectivity index (χ2v) is 6.11. The average Bonchev–Trinajstić information content (AvgIpc) is 2.55. The Morgan fingerprint density at radius 2 is 1.76 bits per heavy atom. The van der Waals surface area contributed by atoms with E-state index in [0.717, 1.165) is 29.4 Å². The van der Waals surface area contributed by atoms with Crippen molar-refractivity contribution in [3.05, 3.63) is 48.0 Å². The van der Waals surface area contributed by atoms with E-state index in [-0.39, 0.29) is 0 Å². The summed E-state index contributed by atoms with van der Waals surface area (Å²) in [6.45, 7) is 0. The Morgan fingerprint density at radius 3 is 2.48 bits per heavy atom. The lowest BCUT2D eigenvalue weighted by Crippen LogP contribution is -2.16. The van der Waals surface area contributed by atoms with Gasteiger partial charge in [0, 0.05) is 34.5 Å². The van der Waals surface area contributed by atoms with Crippen LogP contribution in [0.1, 0.15) is 18.0 Å². The SMILES string of the molecule is COc1cc(NC2CCSc3ccccc32)cc(OC)c1. The molecule has 0 saturated carbocycles. The Balaban J connectivity index is 1.87. The minimum absolute atomic E-state index is 0.333. The van der Waals surface area contributed by atoms with E-state index in [4.69, 9.17) is 9.47 Å². The summed E-state index contributed by atoms with van der Waals surface area (Å²) in [6, 6.07) is 14.8. The molecule has 0 amide bonds. The fourth-order valence-electron chi connectivity index (χ4n) is 2.58. The van der Waals surface area contributed by atoms with Crippen molar-refractivity contribution in [3.63, 3.8) is 0 Å². The first-order valence-electron chi connectivity index (χ1n) is 7.01. The molecule has 2 aromatic rings. The van der Waals surface area contributed by atoms with E-state index >= 15 is 0 Å². The standard InChI is InChI=1S/C17H19NO2S/c1-19-13-9-12(10-14(11-13)20-2)18-16-7-8-21-17-6-4-3-5-15(16)17/h3-6,9-11,16,18H,7-8H2,1-2H3. The zero-order chi connectivity index (χ0) is 14.7. The van der Waals surface area contributed by atoms with Gasteiger partial charge in [-0.3, -0.25) is 0 Å². The van der Waals surface area contributed by atoms with E-state index in [2.05, 4.69) is 29.6 Å². The quantitative estimate of drug-likeness (QED) is 0.909. The number of fused-ring (bicyclic) bond motifs is 1. The summed E-state index contributed by atoms with van der Waals surface area (Å²) >= 11 is 1.93. The van der Waals surface area contributed by atoms with Crippen LogP contribution in [0.4, 0.5) is 5.69 Å². The van der Waals surface area contributed by atoms with E-state index in [0.29, 0.717) is 6.04 Å². The van der Waals surface area contributed by atoms with Gasteiger partial charge in [-0.25, -0.2) is 0 Å². The van der Waals surface area contributed by atoms with Crippen LogP contribution in [0.2, 0.25) is 0 Å². The number of benzene rings is 2. The Bertz CT molecular complexity index is 608. The topological polar surface area (TPSA) is 30.5 Å². The largest absolute Gasteiger partial charge is 0.497 e. The van der Waals surface area contributed by atoms with E-state index in [1.807, 2.05) is 30.0 Å². The van der Waals surface area contributed by atoms with Crippen LogP contribution < -0.4 is 14.8 Å². The molecule has 0 spiro atoms. The summed E-state index contributed by atoms with van der Waals surface area (Å²) < 4.78 is 10.7. The maximum absolute atomic E-state index is 5.33. The number of rotatable bonds is 4. The normalized spacial score (nSPS) is 17.0. The molecule has 1 N–H and O–H groups in total. The number of thioether (sulfide) groups is 1. The highest BCUT2D eigenvalue weighted by atomic mass is 32.2. The van der Waals surface area contributed by atoms with Crippen LogP contribution in [0.5, 0.6) is 11.5 Å². The molecule has 3 rings (SSSR count). The summed E-state index contributed by atoms with van der Waals surface area (Å²) in [4.78, 5) is 1.37. The smallest absolute Gasteiger partial charge is 0.124 e. The summed E-state index contributed by atoms with van der Waals surface area (Å²) in [6.07, 6.45) is 1.11. The zero-order valence-electron chi connectivity index (χ0n) is 12.3.